The van der Waals surface area contributed by atoms with Crippen molar-refractivity contribution in [2.45, 2.75) is 25.1 Å². The molecular weight excluding hydrogens is 526 g/mol. The van der Waals surface area contributed by atoms with Crippen molar-refractivity contribution in [3.63, 3.8) is 0 Å². The maximum atomic E-state index is 13.6. The van der Waals surface area contributed by atoms with Crippen LogP contribution in [0.3, 0.4) is 0 Å². The number of carbonyl (C=O) groups is 3. The lowest BCUT2D eigenvalue weighted by Crippen LogP contribution is -2.56. The van der Waals surface area contributed by atoms with Gasteiger partial charge in [0.25, 0.3) is 0 Å². The smallest absolute Gasteiger partial charge is 0.368 e. The fraction of sp³-hybridized carbons (Fsp3) is 0.393. The predicted octanol–water partition coefficient (Wildman–Crippen LogP) is 3.18. The quantitative estimate of drug-likeness (QED) is 0.479. The summed E-state index contributed by atoms with van der Waals surface area (Å²) in [5, 5.41) is 10.1. The van der Waals surface area contributed by atoms with Crippen LogP contribution in [0.5, 0.6) is 5.75 Å². The Bertz CT molecular complexity index is 1500. The van der Waals surface area contributed by atoms with Crippen LogP contribution in [-0.2, 0) is 22.6 Å². The van der Waals surface area contributed by atoms with Crippen molar-refractivity contribution in [2.24, 2.45) is 0 Å². The molecule has 3 aromatic rings. The highest BCUT2D eigenvalue weighted by molar-refractivity contribution is 6.04. The van der Waals surface area contributed by atoms with E-state index < -0.39 is 24.5 Å². The minimum absolute atomic E-state index is 0.0406. The number of alkyl halides is 2. The summed E-state index contributed by atoms with van der Waals surface area (Å²) < 4.78 is 39.6. The minimum Gasteiger partial charge on any atom is -0.492 e. The molecule has 40 heavy (non-hydrogen) atoms. The molecule has 1 atom stereocenters. The minimum atomic E-state index is -3.16. The SMILES string of the molecule is CN1C(=O)C2CN(Cc3c2c2cc(OCCN4CCOC(F)(F)C4)ccc2n3Cc2ccc(C(=O)O)cc2)C1=O. The first-order valence-corrected chi connectivity index (χ1v) is 13.0. The van der Waals surface area contributed by atoms with Crippen LogP contribution in [0.15, 0.2) is 42.5 Å². The van der Waals surface area contributed by atoms with Crippen molar-refractivity contribution >= 4 is 28.8 Å². The van der Waals surface area contributed by atoms with E-state index in [1.807, 2.05) is 12.1 Å². The number of benzene rings is 2. The normalized spacial score (nSPS) is 20.6. The second kappa shape index (κ2) is 9.86. The summed E-state index contributed by atoms with van der Waals surface area (Å²) in [6.45, 7) is 1.42. The first-order valence-electron chi connectivity index (χ1n) is 13.0. The number of urea groups is 1. The molecule has 3 aliphatic rings. The summed E-state index contributed by atoms with van der Waals surface area (Å²) in [6, 6.07) is 11.8. The van der Waals surface area contributed by atoms with Gasteiger partial charge in [0.2, 0.25) is 5.91 Å². The fourth-order valence-corrected chi connectivity index (χ4v) is 5.81. The molecule has 2 saturated heterocycles. The number of aromatic nitrogens is 1. The average Bonchev–Trinajstić information content (AvgIpc) is 3.23. The Kier molecular flexibility index (Phi) is 6.46. The number of morpholine rings is 1. The van der Waals surface area contributed by atoms with Gasteiger partial charge in [-0.1, -0.05) is 12.1 Å². The topological polar surface area (TPSA) is 105 Å². The molecule has 2 aromatic carbocycles. The van der Waals surface area contributed by atoms with Gasteiger partial charge in [-0.2, -0.15) is 8.78 Å². The van der Waals surface area contributed by atoms with Crippen molar-refractivity contribution in [3.8, 4) is 5.75 Å². The van der Waals surface area contributed by atoms with E-state index in [0.717, 1.165) is 32.6 Å². The van der Waals surface area contributed by atoms with E-state index in [-0.39, 0.29) is 37.3 Å². The van der Waals surface area contributed by atoms with Gasteiger partial charge < -0.3 is 24.0 Å². The van der Waals surface area contributed by atoms with Crippen LogP contribution in [0, 0.1) is 0 Å². The molecule has 3 aliphatic heterocycles. The molecule has 2 bridgehead atoms. The number of hydrogen-bond acceptors (Lipinski definition) is 6. The maximum Gasteiger partial charge on any atom is 0.368 e. The summed E-state index contributed by atoms with van der Waals surface area (Å²) in [4.78, 5) is 41.7. The lowest BCUT2D eigenvalue weighted by Gasteiger charge is -2.41. The zero-order valence-electron chi connectivity index (χ0n) is 21.8. The number of hydrogen-bond donors (Lipinski definition) is 1. The summed E-state index contributed by atoms with van der Waals surface area (Å²) in [5.74, 6) is -1.26. The molecule has 2 fully saturated rings. The van der Waals surface area contributed by atoms with Gasteiger partial charge >= 0.3 is 18.1 Å². The molecule has 1 N–H and O–H groups in total. The van der Waals surface area contributed by atoms with E-state index in [4.69, 9.17) is 4.74 Å². The van der Waals surface area contributed by atoms with Crippen molar-refractivity contribution in [3.05, 3.63) is 64.8 Å². The van der Waals surface area contributed by atoms with E-state index >= 15 is 0 Å². The van der Waals surface area contributed by atoms with Gasteiger partial charge in [0.05, 0.1) is 31.2 Å². The van der Waals surface area contributed by atoms with Gasteiger partial charge in [0.1, 0.15) is 12.4 Å². The molecule has 0 spiro atoms. The largest absolute Gasteiger partial charge is 0.492 e. The molecule has 0 aliphatic carbocycles. The third-order valence-electron chi connectivity index (χ3n) is 7.81. The van der Waals surface area contributed by atoms with Crippen LogP contribution in [-0.4, -0.2) is 94.8 Å². The monoisotopic (exact) mass is 554 g/mol. The number of halogens is 2. The number of amides is 3. The lowest BCUT2D eigenvalue weighted by molar-refractivity contribution is -0.270. The zero-order valence-corrected chi connectivity index (χ0v) is 21.8. The molecule has 210 valence electrons. The molecule has 4 heterocycles. The van der Waals surface area contributed by atoms with E-state index in [0.29, 0.717) is 31.9 Å². The van der Waals surface area contributed by atoms with Gasteiger partial charge in [-0.05, 0) is 41.5 Å². The number of carboxylic acids is 1. The van der Waals surface area contributed by atoms with Gasteiger partial charge in [0.15, 0.2) is 0 Å². The Morgan fingerprint density at radius 2 is 1.95 bits per heavy atom. The van der Waals surface area contributed by atoms with Crippen molar-refractivity contribution < 1.29 is 37.7 Å². The first-order chi connectivity index (χ1) is 19.1. The van der Waals surface area contributed by atoms with E-state index in [9.17, 15) is 28.3 Å². The Hall–Kier alpha value is -4.03. The molecule has 0 radical (unpaired) electrons. The highest BCUT2D eigenvalue weighted by Gasteiger charge is 2.44. The molecule has 12 heteroatoms. The van der Waals surface area contributed by atoms with Gasteiger partial charge in [-0.15, -0.1) is 0 Å². The number of nitrogens with zero attached hydrogens (tertiary/aromatic N) is 4. The van der Waals surface area contributed by atoms with E-state index in [1.165, 1.54) is 7.05 Å². The molecule has 1 aromatic heterocycles. The number of fused-ring (bicyclic) bond motifs is 6. The van der Waals surface area contributed by atoms with Crippen LogP contribution in [0.25, 0.3) is 10.9 Å². The second-order valence-electron chi connectivity index (χ2n) is 10.4. The van der Waals surface area contributed by atoms with Crippen LogP contribution >= 0.6 is 0 Å². The summed E-state index contributed by atoms with van der Waals surface area (Å²) in [7, 11) is 1.49. The number of carboxylic acid groups (broad SMARTS) is 1. The van der Waals surface area contributed by atoms with Gasteiger partial charge in [0, 0.05) is 49.8 Å². The average molecular weight is 555 g/mol. The van der Waals surface area contributed by atoms with Crippen LogP contribution < -0.4 is 4.74 Å². The Morgan fingerprint density at radius 1 is 1.18 bits per heavy atom. The second-order valence-corrected chi connectivity index (χ2v) is 10.4. The molecule has 0 saturated carbocycles. The molecule has 6 rings (SSSR count). The number of aromatic carboxylic acids is 1. The number of likely N-dealkylation sites (N-methyl/N-ethyl adjacent to an activating group) is 1. The molecular formula is C28H28F2N4O6. The zero-order chi connectivity index (χ0) is 28.2. The standard InChI is InChI=1S/C28H28F2N4O6/c1-31-25(35)21-14-33(27(31)38)15-23-24(21)20-12-19(39-10-8-32-9-11-40-28(29,30)16-32)6-7-22(20)34(23)13-17-2-4-18(5-3-17)26(36)37/h2-7,12,21H,8-11,13-16H2,1H3,(H,36,37). The van der Waals surface area contributed by atoms with Crippen LogP contribution in [0.1, 0.15) is 33.1 Å². The maximum absolute atomic E-state index is 13.6. The number of carbonyl (C=O) groups excluding carboxylic acids is 2. The Balaban J connectivity index is 1.33. The lowest BCUT2D eigenvalue weighted by atomic mass is 9.89. The van der Waals surface area contributed by atoms with Crippen LogP contribution in [0.4, 0.5) is 13.6 Å². The molecule has 3 amide bonds. The van der Waals surface area contributed by atoms with Crippen molar-refractivity contribution in [1.82, 2.24) is 19.3 Å². The summed E-state index contributed by atoms with van der Waals surface area (Å²) in [6.07, 6.45) is -3.16. The fourth-order valence-electron chi connectivity index (χ4n) is 5.81. The number of imide groups is 1. The van der Waals surface area contributed by atoms with E-state index in [2.05, 4.69) is 9.30 Å². The predicted molar refractivity (Wildman–Crippen MR) is 139 cm³/mol. The third-order valence-corrected chi connectivity index (χ3v) is 7.81. The van der Waals surface area contributed by atoms with Crippen molar-refractivity contribution in [1.29, 1.82) is 0 Å². The van der Waals surface area contributed by atoms with Gasteiger partial charge in [-0.25, -0.2) is 9.59 Å². The Morgan fingerprint density at radius 3 is 2.67 bits per heavy atom. The Labute approximate surface area is 228 Å². The third kappa shape index (κ3) is 4.66. The number of rotatable bonds is 7. The summed E-state index contributed by atoms with van der Waals surface area (Å²) in [5.41, 5.74) is 3.59. The summed E-state index contributed by atoms with van der Waals surface area (Å²) >= 11 is 0. The first kappa shape index (κ1) is 26.2. The molecule has 10 nitrogen and oxygen atoms in total. The highest BCUT2D eigenvalue weighted by atomic mass is 19.3. The number of ether oxygens (including phenoxy) is 2. The van der Waals surface area contributed by atoms with Crippen molar-refractivity contribution in [2.75, 3.05) is 46.4 Å². The van der Waals surface area contributed by atoms with Crippen LogP contribution in [0.2, 0.25) is 0 Å². The van der Waals surface area contributed by atoms with Gasteiger partial charge in [-0.3, -0.25) is 14.6 Å². The van der Waals surface area contributed by atoms with E-state index in [1.54, 1.807) is 40.1 Å². The molecule has 1 unspecified atom stereocenters. The highest BCUT2D eigenvalue weighted by Crippen LogP contribution is 2.41.